The smallest absolute Gasteiger partial charge is 0.0682 e. The van der Waals surface area contributed by atoms with Crippen molar-refractivity contribution in [2.75, 3.05) is 0 Å². The van der Waals surface area contributed by atoms with Crippen LogP contribution in [0.15, 0.2) is 0 Å². The number of carboxylic acid groups (broad SMARTS) is 1. The summed E-state index contributed by atoms with van der Waals surface area (Å²) in [6.45, 7) is 6.13. The number of carboxylic acids is 1. The topological polar surface area (TPSA) is 60.4 Å². The quantitative estimate of drug-likeness (QED) is 0.652. The number of aliphatic hydroxyl groups is 1. The van der Waals surface area contributed by atoms with Gasteiger partial charge in [0.25, 0.3) is 0 Å². The van der Waals surface area contributed by atoms with Crippen LogP contribution in [-0.2, 0) is 4.79 Å². The predicted octanol–water partition coefficient (Wildman–Crippen LogP) is 0.170. The first kappa shape index (κ1) is 9.97. The molecule has 2 bridgehead atoms. The lowest BCUT2D eigenvalue weighted by molar-refractivity contribution is -0.316. The van der Waals surface area contributed by atoms with Crippen LogP contribution in [0.3, 0.4) is 0 Å². The molecule has 1 N–H and O–H groups in total. The van der Waals surface area contributed by atoms with Gasteiger partial charge in [0.05, 0.1) is 6.10 Å². The Balaban J connectivity index is 2.44. The van der Waals surface area contributed by atoms with E-state index in [1.54, 1.807) is 0 Å². The molecule has 80 valence electrons. The van der Waals surface area contributed by atoms with Crippen molar-refractivity contribution in [3.8, 4) is 0 Å². The molecule has 2 saturated carbocycles. The second-order valence-electron chi connectivity index (χ2n) is 5.57. The van der Waals surface area contributed by atoms with Crippen molar-refractivity contribution in [2.45, 2.75) is 39.7 Å². The minimum Gasteiger partial charge on any atom is -0.550 e. The van der Waals surface area contributed by atoms with Crippen molar-refractivity contribution in [1.82, 2.24) is 0 Å². The number of hydrogen-bond donors (Lipinski definition) is 1. The molecule has 2 rings (SSSR count). The average molecular weight is 197 g/mol. The summed E-state index contributed by atoms with van der Waals surface area (Å²) in [6, 6.07) is 0. The van der Waals surface area contributed by atoms with E-state index in [0.717, 1.165) is 12.8 Å². The molecule has 3 heteroatoms. The largest absolute Gasteiger partial charge is 0.550 e. The zero-order valence-electron chi connectivity index (χ0n) is 8.91. The minimum atomic E-state index is -1.08. The summed E-state index contributed by atoms with van der Waals surface area (Å²) in [5.41, 5.74) is -0.334. The van der Waals surface area contributed by atoms with Gasteiger partial charge < -0.3 is 15.0 Å². The molecule has 14 heavy (non-hydrogen) atoms. The van der Waals surface area contributed by atoms with Crippen LogP contribution in [0.2, 0.25) is 0 Å². The molecule has 2 aliphatic rings. The maximum Gasteiger partial charge on any atom is 0.0682 e. The number of carbonyl (C=O) groups excluding carboxylic acids is 1. The summed E-state index contributed by atoms with van der Waals surface area (Å²) >= 11 is 0. The summed E-state index contributed by atoms with van der Waals surface area (Å²) < 4.78 is 0. The van der Waals surface area contributed by atoms with Crippen LogP contribution < -0.4 is 5.11 Å². The molecule has 2 aliphatic carbocycles. The lowest BCUT2D eigenvalue weighted by atomic mass is 9.70. The van der Waals surface area contributed by atoms with Gasteiger partial charge >= 0.3 is 0 Å². The van der Waals surface area contributed by atoms with Gasteiger partial charge in [-0.05, 0) is 29.6 Å². The van der Waals surface area contributed by atoms with Crippen LogP contribution >= 0.6 is 0 Å². The van der Waals surface area contributed by atoms with Crippen LogP contribution in [-0.4, -0.2) is 17.2 Å². The van der Waals surface area contributed by atoms with Gasteiger partial charge in [0.15, 0.2) is 0 Å². The van der Waals surface area contributed by atoms with Crippen LogP contribution in [0.5, 0.6) is 0 Å². The fourth-order valence-corrected chi connectivity index (χ4v) is 3.63. The molecule has 3 nitrogen and oxygen atoms in total. The highest BCUT2D eigenvalue weighted by molar-refractivity contribution is 5.70. The van der Waals surface area contributed by atoms with Gasteiger partial charge in [-0.25, -0.2) is 0 Å². The van der Waals surface area contributed by atoms with Gasteiger partial charge in [-0.15, -0.1) is 0 Å². The minimum absolute atomic E-state index is 0.0764. The Hall–Kier alpha value is -0.570. The first-order chi connectivity index (χ1) is 6.32. The monoisotopic (exact) mass is 197 g/mol. The third-order valence-electron chi connectivity index (χ3n) is 5.07. The van der Waals surface area contributed by atoms with Crippen LogP contribution in [0.1, 0.15) is 33.6 Å². The van der Waals surface area contributed by atoms with Gasteiger partial charge in [0, 0.05) is 11.9 Å². The Morgan fingerprint density at radius 3 is 2.29 bits per heavy atom. The fourth-order valence-electron chi connectivity index (χ4n) is 3.63. The van der Waals surface area contributed by atoms with Gasteiger partial charge in [-0.2, -0.15) is 0 Å². The molecule has 0 heterocycles. The van der Waals surface area contributed by atoms with E-state index < -0.39 is 18.0 Å². The molecule has 0 aromatic heterocycles. The van der Waals surface area contributed by atoms with Gasteiger partial charge in [0.1, 0.15) is 0 Å². The normalized spacial score (nSPS) is 49.6. The molecular formula is C11H17O3-. The number of carbonyl (C=O) groups is 1. The standard InChI is InChI=1S/C11H18O3/c1-10(2)6-4-5-11(10,3)8(12)7(6)9(13)14/h6-8,12H,4-5H2,1-3H3,(H,13,14)/p-1/t6-,7+,8+,11+/m0/s1. The summed E-state index contributed by atoms with van der Waals surface area (Å²) in [7, 11) is 0. The van der Waals surface area contributed by atoms with Crippen LogP contribution in [0, 0.1) is 22.7 Å². The van der Waals surface area contributed by atoms with E-state index in [-0.39, 0.29) is 16.7 Å². The highest BCUT2D eigenvalue weighted by Crippen LogP contribution is 2.67. The molecule has 0 unspecified atom stereocenters. The van der Waals surface area contributed by atoms with E-state index >= 15 is 0 Å². The Morgan fingerprint density at radius 1 is 1.43 bits per heavy atom. The highest BCUT2D eigenvalue weighted by Gasteiger charge is 2.66. The molecule has 0 aliphatic heterocycles. The Labute approximate surface area is 84.1 Å². The molecule has 0 saturated heterocycles. The molecule has 0 aromatic rings. The zero-order valence-corrected chi connectivity index (χ0v) is 8.91. The van der Waals surface area contributed by atoms with Gasteiger partial charge in [0.2, 0.25) is 0 Å². The lowest BCUT2D eigenvalue weighted by Crippen LogP contribution is -2.44. The Bertz CT molecular complexity index is 284. The first-order valence-corrected chi connectivity index (χ1v) is 5.21. The van der Waals surface area contributed by atoms with Crippen LogP contribution in [0.4, 0.5) is 0 Å². The highest BCUT2D eigenvalue weighted by atomic mass is 16.4. The average Bonchev–Trinajstić information content (AvgIpc) is 2.35. The summed E-state index contributed by atoms with van der Waals surface area (Å²) in [4.78, 5) is 11.0. The molecule has 0 spiro atoms. The molecule has 0 radical (unpaired) electrons. The number of aliphatic hydroxyl groups excluding tert-OH is 1. The third kappa shape index (κ3) is 0.842. The molecular weight excluding hydrogens is 180 g/mol. The third-order valence-corrected chi connectivity index (χ3v) is 5.07. The molecule has 2 fully saturated rings. The molecule has 0 aromatic carbocycles. The van der Waals surface area contributed by atoms with E-state index in [0.29, 0.717) is 0 Å². The first-order valence-electron chi connectivity index (χ1n) is 5.21. The van der Waals surface area contributed by atoms with Crippen molar-refractivity contribution in [2.24, 2.45) is 22.7 Å². The van der Waals surface area contributed by atoms with Crippen molar-refractivity contribution in [1.29, 1.82) is 0 Å². The summed E-state index contributed by atoms with van der Waals surface area (Å²) in [5, 5.41) is 21.0. The van der Waals surface area contributed by atoms with Gasteiger partial charge in [-0.3, -0.25) is 0 Å². The van der Waals surface area contributed by atoms with E-state index in [1.165, 1.54) is 0 Å². The summed E-state index contributed by atoms with van der Waals surface area (Å²) in [5.74, 6) is -1.67. The second kappa shape index (κ2) is 2.51. The van der Waals surface area contributed by atoms with E-state index in [9.17, 15) is 15.0 Å². The molecule has 4 atom stereocenters. The van der Waals surface area contributed by atoms with E-state index in [2.05, 4.69) is 13.8 Å². The summed E-state index contributed by atoms with van der Waals surface area (Å²) in [6.07, 6.45) is 1.09. The van der Waals surface area contributed by atoms with Crippen LogP contribution in [0.25, 0.3) is 0 Å². The zero-order chi connectivity index (χ0) is 10.7. The maximum atomic E-state index is 11.0. The van der Waals surface area contributed by atoms with Gasteiger partial charge in [-0.1, -0.05) is 20.8 Å². The number of fused-ring (bicyclic) bond motifs is 2. The number of hydrogen-bond acceptors (Lipinski definition) is 3. The second-order valence-corrected chi connectivity index (χ2v) is 5.57. The predicted molar refractivity (Wildman–Crippen MR) is 49.1 cm³/mol. The van der Waals surface area contributed by atoms with Crippen molar-refractivity contribution < 1.29 is 15.0 Å². The maximum absolute atomic E-state index is 11.0. The molecule has 0 amide bonds. The Morgan fingerprint density at radius 2 is 2.00 bits per heavy atom. The van der Waals surface area contributed by atoms with Crippen molar-refractivity contribution in [3.05, 3.63) is 0 Å². The van der Waals surface area contributed by atoms with E-state index in [1.807, 2.05) is 6.92 Å². The number of rotatable bonds is 1. The van der Waals surface area contributed by atoms with Crippen molar-refractivity contribution in [3.63, 3.8) is 0 Å². The van der Waals surface area contributed by atoms with Crippen molar-refractivity contribution >= 4 is 5.97 Å². The fraction of sp³-hybridized carbons (Fsp3) is 0.909. The Kier molecular flexibility index (Phi) is 1.79. The SMILES string of the molecule is CC1(C)[C@H]2CC[C@]1(C)[C@H](O)[C@@H]2C(=O)[O-]. The lowest BCUT2D eigenvalue weighted by Gasteiger charge is -2.37. The number of aliphatic carboxylic acids is 1. The van der Waals surface area contributed by atoms with E-state index in [4.69, 9.17) is 0 Å².